The maximum Gasteiger partial charge on any atom is 0.214 e. The molecule has 0 atom stereocenters. The van der Waals surface area contributed by atoms with Gasteiger partial charge in [-0.3, -0.25) is 0 Å². The molecule has 0 radical (unpaired) electrons. The average Bonchev–Trinajstić information content (AvgIpc) is 2.47. The van der Waals surface area contributed by atoms with E-state index in [-0.39, 0.29) is 5.75 Å². The molecule has 0 amide bonds. The molecule has 0 aliphatic carbocycles. The first-order valence-electron chi connectivity index (χ1n) is 8.42. The summed E-state index contributed by atoms with van der Waals surface area (Å²) in [5.74, 6) is 0.275. The Kier molecular flexibility index (Phi) is 12.3. The SMILES string of the molecule is CCNCCCCS(=O)(=O)N(CC)CCCN(CC)CC. The highest BCUT2D eigenvalue weighted by Crippen LogP contribution is 2.06. The first-order valence-corrected chi connectivity index (χ1v) is 10.0. The minimum atomic E-state index is -3.08. The van der Waals surface area contributed by atoms with Crippen molar-refractivity contribution in [3.8, 4) is 0 Å². The van der Waals surface area contributed by atoms with E-state index in [0.29, 0.717) is 13.1 Å². The molecule has 1 N–H and O–H groups in total. The molecule has 128 valence electrons. The predicted octanol–water partition coefficient (Wildman–Crippen LogP) is 1.76. The zero-order valence-electron chi connectivity index (χ0n) is 14.4. The van der Waals surface area contributed by atoms with E-state index < -0.39 is 10.0 Å². The van der Waals surface area contributed by atoms with Crippen molar-refractivity contribution in [2.75, 3.05) is 51.6 Å². The molecule has 0 rings (SSSR count). The molecule has 0 saturated heterocycles. The van der Waals surface area contributed by atoms with E-state index >= 15 is 0 Å². The summed E-state index contributed by atoms with van der Waals surface area (Å²) in [5.41, 5.74) is 0. The van der Waals surface area contributed by atoms with E-state index in [0.717, 1.165) is 52.0 Å². The minimum absolute atomic E-state index is 0.275. The molecule has 0 heterocycles. The number of nitrogens with zero attached hydrogens (tertiary/aromatic N) is 2. The predicted molar refractivity (Wildman–Crippen MR) is 91.2 cm³/mol. The van der Waals surface area contributed by atoms with Gasteiger partial charge in [0.05, 0.1) is 5.75 Å². The number of hydrogen-bond acceptors (Lipinski definition) is 4. The summed E-state index contributed by atoms with van der Waals surface area (Å²) in [6.45, 7) is 14.4. The fourth-order valence-corrected chi connectivity index (χ4v) is 3.97. The topological polar surface area (TPSA) is 52.7 Å². The molecule has 0 aliphatic heterocycles. The second-order valence-corrected chi connectivity index (χ2v) is 7.34. The number of rotatable bonds is 14. The quantitative estimate of drug-likeness (QED) is 0.495. The van der Waals surface area contributed by atoms with Crippen molar-refractivity contribution < 1.29 is 8.42 Å². The summed E-state index contributed by atoms with van der Waals surface area (Å²) in [4.78, 5) is 2.33. The van der Waals surface area contributed by atoms with E-state index in [4.69, 9.17) is 0 Å². The van der Waals surface area contributed by atoms with E-state index in [9.17, 15) is 8.42 Å². The first-order chi connectivity index (χ1) is 10.0. The maximum atomic E-state index is 12.3. The lowest BCUT2D eigenvalue weighted by molar-refractivity contribution is 0.285. The first kappa shape index (κ1) is 20.8. The molecule has 0 bridgehead atoms. The number of nitrogens with one attached hydrogen (secondary N) is 1. The van der Waals surface area contributed by atoms with E-state index in [1.807, 2.05) is 6.92 Å². The minimum Gasteiger partial charge on any atom is -0.317 e. The van der Waals surface area contributed by atoms with Gasteiger partial charge in [0.15, 0.2) is 0 Å². The molecule has 0 aromatic carbocycles. The van der Waals surface area contributed by atoms with Gasteiger partial charge in [-0.25, -0.2) is 12.7 Å². The molecular weight excluding hydrogens is 286 g/mol. The Morgan fingerprint density at radius 1 is 0.857 bits per heavy atom. The molecule has 0 aliphatic rings. The normalized spacial score (nSPS) is 12.5. The van der Waals surface area contributed by atoms with Crippen LogP contribution in [0, 0.1) is 0 Å². The summed E-state index contributed by atoms with van der Waals surface area (Å²) in [5, 5.41) is 3.22. The molecule has 0 spiro atoms. The van der Waals surface area contributed by atoms with E-state index in [2.05, 4.69) is 31.0 Å². The van der Waals surface area contributed by atoms with Gasteiger partial charge in [-0.15, -0.1) is 0 Å². The maximum absolute atomic E-state index is 12.3. The van der Waals surface area contributed by atoms with Crippen molar-refractivity contribution in [1.82, 2.24) is 14.5 Å². The molecule has 0 saturated carbocycles. The van der Waals surface area contributed by atoms with Crippen molar-refractivity contribution in [1.29, 1.82) is 0 Å². The van der Waals surface area contributed by atoms with Crippen LogP contribution in [-0.4, -0.2) is 69.2 Å². The van der Waals surface area contributed by atoms with Crippen LogP contribution in [0.1, 0.15) is 47.0 Å². The zero-order valence-corrected chi connectivity index (χ0v) is 15.2. The third-order valence-electron chi connectivity index (χ3n) is 3.78. The monoisotopic (exact) mass is 321 g/mol. The number of hydrogen-bond donors (Lipinski definition) is 1. The number of unbranched alkanes of at least 4 members (excludes halogenated alkanes) is 1. The molecule has 0 fully saturated rings. The molecule has 5 nitrogen and oxygen atoms in total. The van der Waals surface area contributed by atoms with Crippen LogP contribution in [0.4, 0.5) is 0 Å². The van der Waals surface area contributed by atoms with Crippen molar-refractivity contribution >= 4 is 10.0 Å². The van der Waals surface area contributed by atoms with Gasteiger partial charge in [-0.2, -0.15) is 0 Å². The second kappa shape index (κ2) is 12.4. The highest BCUT2D eigenvalue weighted by Gasteiger charge is 2.19. The highest BCUT2D eigenvalue weighted by molar-refractivity contribution is 7.89. The molecule has 0 aromatic heterocycles. The fraction of sp³-hybridized carbons (Fsp3) is 1.00. The van der Waals surface area contributed by atoms with Gasteiger partial charge in [-0.05, 0) is 52.0 Å². The second-order valence-electron chi connectivity index (χ2n) is 5.25. The third-order valence-corrected chi connectivity index (χ3v) is 5.81. The Bertz CT molecular complexity index is 330. The van der Waals surface area contributed by atoms with Crippen molar-refractivity contribution in [2.24, 2.45) is 0 Å². The summed E-state index contributed by atoms with van der Waals surface area (Å²) < 4.78 is 26.2. The van der Waals surface area contributed by atoms with Crippen LogP contribution in [-0.2, 0) is 10.0 Å². The Balaban J connectivity index is 4.11. The van der Waals surface area contributed by atoms with Crippen molar-refractivity contribution in [3.63, 3.8) is 0 Å². The van der Waals surface area contributed by atoms with Crippen LogP contribution in [0.5, 0.6) is 0 Å². The fourth-order valence-electron chi connectivity index (χ4n) is 2.34. The molecular formula is C15H35N3O2S. The summed E-state index contributed by atoms with van der Waals surface area (Å²) in [7, 11) is -3.08. The molecule has 6 heteroatoms. The standard InChI is InChI=1S/C15H35N3O2S/c1-5-16-12-9-10-15-21(19,20)18(8-4)14-11-13-17(6-2)7-3/h16H,5-15H2,1-4H3. The molecule has 21 heavy (non-hydrogen) atoms. The largest absolute Gasteiger partial charge is 0.317 e. The number of sulfonamides is 1. The summed E-state index contributed by atoms with van der Waals surface area (Å²) in [6.07, 6.45) is 2.57. The van der Waals surface area contributed by atoms with E-state index in [1.165, 1.54) is 0 Å². The summed E-state index contributed by atoms with van der Waals surface area (Å²) >= 11 is 0. The van der Waals surface area contributed by atoms with Gasteiger partial charge in [0.25, 0.3) is 0 Å². The molecule has 0 unspecified atom stereocenters. The Morgan fingerprint density at radius 3 is 2.05 bits per heavy atom. The Morgan fingerprint density at radius 2 is 1.52 bits per heavy atom. The van der Waals surface area contributed by atoms with Gasteiger partial charge in [0.2, 0.25) is 10.0 Å². The Hall–Kier alpha value is -0.170. The average molecular weight is 322 g/mol. The smallest absolute Gasteiger partial charge is 0.214 e. The van der Waals surface area contributed by atoms with Crippen molar-refractivity contribution in [3.05, 3.63) is 0 Å². The van der Waals surface area contributed by atoms with Crippen LogP contribution in [0.2, 0.25) is 0 Å². The van der Waals surface area contributed by atoms with Gasteiger partial charge in [0.1, 0.15) is 0 Å². The summed E-state index contributed by atoms with van der Waals surface area (Å²) in [6, 6.07) is 0. The van der Waals surface area contributed by atoms with Gasteiger partial charge >= 0.3 is 0 Å². The lowest BCUT2D eigenvalue weighted by Crippen LogP contribution is -2.36. The van der Waals surface area contributed by atoms with Gasteiger partial charge in [-0.1, -0.05) is 27.7 Å². The van der Waals surface area contributed by atoms with Crippen molar-refractivity contribution in [2.45, 2.75) is 47.0 Å². The van der Waals surface area contributed by atoms with Crippen LogP contribution in [0.25, 0.3) is 0 Å². The molecule has 0 aromatic rings. The van der Waals surface area contributed by atoms with Crippen LogP contribution in [0.3, 0.4) is 0 Å². The lowest BCUT2D eigenvalue weighted by atomic mass is 10.3. The van der Waals surface area contributed by atoms with E-state index in [1.54, 1.807) is 4.31 Å². The Labute approximate surface area is 132 Å². The van der Waals surface area contributed by atoms with Crippen LogP contribution in [0.15, 0.2) is 0 Å². The van der Waals surface area contributed by atoms with Gasteiger partial charge in [0, 0.05) is 13.1 Å². The highest BCUT2D eigenvalue weighted by atomic mass is 32.2. The lowest BCUT2D eigenvalue weighted by Gasteiger charge is -2.23. The van der Waals surface area contributed by atoms with Gasteiger partial charge < -0.3 is 10.2 Å². The zero-order chi connectivity index (χ0) is 16.1. The van der Waals surface area contributed by atoms with Crippen LogP contribution >= 0.6 is 0 Å². The van der Waals surface area contributed by atoms with Crippen LogP contribution < -0.4 is 5.32 Å². The third kappa shape index (κ3) is 9.45.